The first-order valence-electron chi connectivity index (χ1n) is 9.00. The lowest BCUT2D eigenvalue weighted by atomic mass is 9.97. The molecule has 0 saturated heterocycles. The number of hydrogen-bond acceptors (Lipinski definition) is 3. The van der Waals surface area contributed by atoms with Crippen molar-refractivity contribution in [1.82, 2.24) is 4.90 Å². The molecule has 0 saturated carbocycles. The van der Waals surface area contributed by atoms with Crippen molar-refractivity contribution in [3.05, 3.63) is 82.4 Å². The van der Waals surface area contributed by atoms with Gasteiger partial charge in [0.15, 0.2) is 0 Å². The zero-order chi connectivity index (χ0) is 18.8. The second-order valence-corrected chi connectivity index (χ2v) is 7.35. The van der Waals surface area contributed by atoms with E-state index < -0.39 is 0 Å². The Kier molecular flexibility index (Phi) is 4.85. The van der Waals surface area contributed by atoms with Crippen molar-refractivity contribution in [3.63, 3.8) is 0 Å². The molecule has 0 fully saturated rings. The highest BCUT2D eigenvalue weighted by atomic mass is 35.5. The van der Waals surface area contributed by atoms with Crippen LogP contribution >= 0.6 is 11.6 Å². The largest absolute Gasteiger partial charge is 0.355 e. The highest BCUT2D eigenvalue weighted by Gasteiger charge is 2.16. The van der Waals surface area contributed by atoms with E-state index in [9.17, 15) is 0 Å². The SMILES string of the molecule is CN1CCc2c(cccc2Nc2ccc(Cl)c(-c3ccc(C#N)cc3)c2)C1. The van der Waals surface area contributed by atoms with Crippen molar-refractivity contribution in [2.45, 2.75) is 13.0 Å². The molecular formula is C23H20ClN3. The standard InChI is InChI=1S/C23H20ClN3/c1-27-12-11-20-18(15-27)3-2-4-23(20)26-19-9-10-22(24)21(13-19)17-7-5-16(14-25)6-8-17/h2-10,13,26H,11-12,15H2,1H3. The minimum Gasteiger partial charge on any atom is -0.355 e. The van der Waals surface area contributed by atoms with Crippen molar-refractivity contribution in [1.29, 1.82) is 5.26 Å². The molecule has 27 heavy (non-hydrogen) atoms. The first-order chi connectivity index (χ1) is 13.1. The minimum absolute atomic E-state index is 0.644. The summed E-state index contributed by atoms with van der Waals surface area (Å²) in [6.45, 7) is 2.06. The molecule has 0 unspecified atom stereocenters. The van der Waals surface area contributed by atoms with Crippen molar-refractivity contribution in [2.75, 3.05) is 18.9 Å². The first kappa shape index (κ1) is 17.6. The molecule has 1 N–H and O–H groups in total. The number of likely N-dealkylation sites (N-methyl/N-ethyl adjacent to an activating group) is 1. The number of benzene rings is 3. The molecule has 1 aliphatic heterocycles. The molecule has 1 aliphatic rings. The van der Waals surface area contributed by atoms with E-state index in [0.717, 1.165) is 42.0 Å². The summed E-state index contributed by atoms with van der Waals surface area (Å²) in [4.78, 5) is 2.34. The van der Waals surface area contributed by atoms with Crippen molar-refractivity contribution in [3.8, 4) is 17.2 Å². The molecule has 0 aliphatic carbocycles. The van der Waals surface area contributed by atoms with Crippen LogP contribution in [0.15, 0.2) is 60.7 Å². The first-order valence-corrected chi connectivity index (χ1v) is 9.38. The van der Waals surface area contributed by atoms with Crippen LogP contribution in [-0.2, 0) is 13.0 Å². The lowest BCUT2D eigenvalue weighted by Crippen LogP contribution is -2.26. The Hall–Kier alpha value is -2.80. The zero-order valence-corrected chi connectivity index (χ0v) is 15.9. The Bertz CT molecular complexity index is 1020. The van der Waals surface area contributed by atoms with E-state index in [1.807, 2.05) is 36.4 Å². The summed E-state index contributed by atoms with van der Waals surface area (Å²) >= 11 is 6.44. The van der Waals surface area contributed by atoms with Gasteiger partial charge in [0, 0.05) is 35.1 Å². The van der Waals surface area contributed by atoms with Gasteiger partial charge in [0.2, 0.25) is 0 Å². The van der Waals surface area contributed by atoms with Crippen LogP contribution < -0.4 is 5.32 Å². The molecule has 3 nitrogen and oxygen atoms in total. The summed E-state index contributed by atoms with van der Waals surface area (Å²) in [5.74, 6) is 0. The summed E-state index contributed by atoms with van der Waals surface area (Å²) in [6, 6.07) is 22.1. The molecule has 3 aromatic carbocycles. The van der Waals surface area contributed by atoms with E-state index >= 15 is 0 Å². The van der Waals surface area contributed by atoms with Gasteiger partial charge in [-0.1, -0.05) is 35.9 Å². The third kappa shape index (κ3) is 3.68. The van der Waals surface area contributed by atoms with Gasteiger partial charge in [0.05, 0.1) is 11.6 Å². The Labute approximate surface area is 164 Å². The fourth-order valence-corrected chi connectivity index (χ4v) is 3.80. The van der Waals surface area contributed by atoms with Crippen LogP contribution in [0.3, 0.4) is 0 Å². The number of rotatable bonds is 3. The number of nitrogens with one attached hydrogen (secondary N) is 1. The van der Waals surface area contributed by atoms with Gasteiger partial charge in [-0.25, -0.2) is 0 Å². The summed E-state index contributed by atoms with van der Waals surface area (Å²) in [5.41, 5.74) is 7.54. The fraction of sp³-hybridized carbons (Fsp3) is 0.174. The van der Waals surface area contributed by atoms with Crippen LogP contribution in [0.5, 0.6) is 0 Å². The maximum absolute atomic E-state index is 8.99. The molecule has 0 spiro atoms. The normalized spacial score (nSPS) is 13.7. The second kappa shape index (κ2) is 7.44. The van der Waals surface area contributed by atoms with Gasteiger partial charge in [-0.15, -0.1) is 0 Å². The Morgan fingerprint density at radius 3 is 2.67 bits per heavy atom. The van der Waals surface area contributed by atoms with Crippen molar-refractivity contribution >= 4 is 23.0 Å². The predicted octanol–water partition coefficient (Wildman–Crippen LogP) is 5.61. The van der Waals surface area contributed by atoms with Gasteiger partial charge in [0.25, 0.3) is 0 Å². The quantitative estimate of drug-likeness (QED) is 0.648. The Morgan fingerprint density at radius 2 is 1.89 bits per heavy atom. The highest BCUT2D eigenvalue weighted by Crippen LogP contribution is 2.33. The van der Waals surface area contributed by atoms with E-state index in [-0.39, 0.29) is 0 Å². The average molecular weight is 374 g/mol. The molecular weight excluding hydrogens is 354 g/mol. The van der Waals surface area contributed by atoms with E-state index in [0.29, 0.717) is 10.6 Å². The van der Waals surface area contributed by atoms with Gasteiger partial charge in [0.1, 0.15) is 0 Å². The van der Waals surface area contributed by atoms with E-state index in [1.54, 1.807) is 0 Å². The summed E-state index contributed by atoms with van der Waals surface area (Å²) in [7, 11) is 2.16. The van der Waals surface area contributed by atoms with E-state index in [4.69, 9.17) is 16.9 Å². The predicted molar refractivity (Wildman–Crippen MR) is 111 cm³/mol. The molecule has 134 valence electrons. The van der Waals surface area contributed by atoms with Crippen LogP contribution in [0, 0.1) is 11.3 Å². The molecule has 0 radical (unpaired) electrons. The Morgan fingerprint density at radius 1 is 1.07 bits per heavy atom. The Balaban J connectivity index is 1.66. The van der Waals surface area contributed by atoms with E-state index in [1.165, 1.54) is 11.1 Å². The molecule has 4 heteroatoms. The lowest BCUT2D eigenvalue weighted by molar-refractivity contribution is 0.313. The number of hydrogen-bond donors (Lipinski definition) is 1. The van der Waals surface area contributed by atoms with Crippen molar-refractivity contribution in [2.24, 2.45) is 0 Å². The molecule has 3 aromatic rings. The van der Waals surface area contributed by atoms with Gasteiger partial charge in [-0.05, 0) is 66.6 Å². The molecule has 4 rings (SSSR count). The molecule has 1 heterocycles. The maximum Gasteiger partial charge on any atom is 0.0991 e. The topological polar surface area (TPSA) is 39.1 Å². The van der Waals surface area contributed by atoms with Crippen LogP contribution in [0.25, 0.3) is 11.1 Å². The summed E-state index contributed by atoms with van der Waals surface area (Å²) in [6.07, 6.45) is 1.05. The third-order valence-electron chi connectivity index (χ3n) is 5.03. The highest BCUT2D eigenvalue weighted by molar-refractivity contribution is 6.33. The van der Waals surface area contributed by atoms with Gasteiger partial charge < -0.3 is 10.2 Å². The maximum atomic E-state index is 8.99. The van der Waals surface area contributed by atoms with Gasteiger partial charge in [-0.3, -0.25) is 0 Å². The number of nitriles is 1. The number of anilines is 2. The summed E-state index contributed by atoms with van der Waals surface area (Å²) in [5, 5.41) is 13.3. The van der Waals surface area contributed by atoms with Crippen LogP contribution in [0.1, 0.15) is 16.7 Å². The minimum atomic E-state index is 0.644. The number of nitrogens with zero attached hydrogens (tertiary/aromatic N) is 2. The molecule has 0 aromatic heterocycles. The van der Waals surface area contributed by atoms with Crippen molar-refractivity contribution < 1.29 is 0 Å². The lowest BCUT2D eigenvalue weighted by Gasteiger charge is -2.27. The molecule has 0 atom stereocenters. The number of halogens is 1. The van der Waals surface area contributed by atoms with E-state index in [2.05, 4.69) is 47.6 Å². The monoisotopic (exact) mass is 373 g/mol. The third-order valence-corrected chi connectivity index (χ3v) is 5.36. The van der Waals surface area contributed by atoms with Gasteiger partial charge >= 0.3 is 0 Å². The number of fused-ring (bicyclic) bond motifs is 1. The second-order valence-electron chi connectivity index (χ2n) is 6.94. The van der Waals surface area contributed by atoms with Crippen LogP contribution in [-0.4, -0.2) is 18.5 Å². The van der Waals surface area contributed by atoms with Crippen LogP contribution in [0.2, 0.25) is 5.02 Å². The van der Waals surface area contributed by atoms with Gasteiger partial charge in [-0.2, -0.15) is 5.26 Å². The average Bonchev–Trinajstić information content (AvgIpc) is 2.69. The molecule has 0 amide bonds. The molecule has 0 bridgehead atoms. The smallest absolute Gasteiger partial charge is 0.0991 e. The fourth-order valence-electron chi connectivity index (χ4n) is 3.57. The zero-order valence-electron chi connectivity index (χ0n) is 15.2. The summed E-state index contributed by atoms with van der Waals surface area (Å²) < 4.78 is 0. The van der Waals surface area contributed by atoms with Crippen LogP contribution in [0.4, 0.5) is 11.4 Å².